The van der Waals surface area contributed by atoms with E-state index in [2.05, 4.69) is 10.2 Å². The second kappa shape index (κ2) is 6.84. The maximum absolute atomic E-state index is 12.8. The van der Waals surface area contributed by atoms with E-state index >= 15 is 0 Å². The highest BCUT2D eigenvalue weighted by molar-refractivity contribution is 5.89. The number of nitrogens with one attached hydrogen (secondary N) is 1. The number of hydrogen-bond donors (Lipinski definition) is 1. The van der Waals surface area contributed by atoms with Crippen LogP contribution in [0, 0.1) is 0 Å². The van der Waals surface area contributed by atoms with E-state index in [1.165, 1.54) is 0 Å². The van der Waals surface area contributed by atoms with E-state index in [1.807, 2.05) is 62.6 Å². The summed E-state index contributed by atoms with van der Waals surface area (Å²) in [6, 6.07) is 15.5. The zero-order valence-electron chi connectivity index (χ0n) is 13.6. The maximum Gasteiger partial charge on any atom is 0.232 e. The molecule has 1 aliphatic rings. The number of carbonyl (C=O) groups excluding carboxylic acids is 1. The van der Waals surface area contributed by atoms with Crippen molar-refractivity contribution in [2.45, 2.75) is 12.3 Å². The van der Waals surface area contributed by atoms with Gasteiger partial charge in [-0.05, 0) is 39.2 Å². The first kappa shape index (κ1) is 15.6. The SMILES string of the molecule is CN(C)CCCNC(=O)C1c2ccccc2Oc2ccccc21. The predicted octanol–water partition coefficient (Wildman–Crippen LogP) is 2.99. The third-order valence-corrected chi connectivity index (χ3v) is 4.02. The van der Waals surface area contributed by atoms with Crippen molar-refractivity contribution in [3.8, 4) is 11.5 Å². The zero-order valence-corrected chi connectivity index (χ0v) is 13.6. The quantitative estimate of drug-likeness (QED) is 0.863. The fourth-order valence-corrected chi connectivity index (χ4v) is 2.90. The third-order valence-electron chi connectivity index (χ3n) is 4.02. The van der Waals surface area contributed by atoms with Crippen LogP contribution in [0.4, 0.5) is 0 Å². The first-order valence-electron chi connectivity index (χ1n) is 7.95. The first-order valence-corrected chi connectivity index (χ1v) is 7.95. The fraction of sp³-hybridized carbons (Fsp3) is 0.316. The van der Waals surface area contributed by atoms with Gasteiger partial charge in [0, 0.05) is 17.7 Å². The molecular formula is C19H22N2O2. The second-order valence-electron chi connectivity index (χ2n) is 6.06. The van der Waals surface area contributed by atoms with Gasteiger partial charge >= 0.3 is 0 Å². The van der Waals surface area contributed by atoms with Gasteiger partial charge < -0.3 is 15.0 Å². The lowest BCUT2D eigenvalue weighted by molar-refractivity contribution is -0.121. The molecule has 1 amide bonds. The summed E-state index contributed by atoms with van der Waals surface area (Å²) in [6.07, 6.45) is 0.936. The number of hydrogen-bond acceptors (Lipinski definition) is 3. The van der Waals surface area contributed by atoms with Crippen LogP contribution in [-0.2, 0) is 4.79 Å². The molecule has 1 N–H and O–H groups in total. The number of ether oxygens (including phenoxy) is 1. The molecule has 120 valence electrons. The van der Waals surface area contributed by atoms with Crippen LogP contribution in [0.15, 0.2) is 48.5 Å². The average molecular weight is 310 g/mol. The Morgan fingerprint density at radius 3 is 2.17 bits per heavy atom. The van der Waals surface area contributed by atoms with Crippen molar-refractivity contribution >= 4 is 5.91 Å². The lowest BCUT2D eigenvalue weighted by atomic mass is 9.87. The Morgan fingerprint density at radius 1 is 1.04 bits per heavy atom. The highest BCUT2D eigenvalue weighted by Gasteiger charge is 2.31. The van der Waals surface area contributed by atoms with E-state index < -0.39 is 0 Å². The Hall–Kier alpha value is -2.33. The number of carbonyl (C=O) groups is 1. The number of para-hydroxylation sites is 2. The molecule has 0 radical (unpaired) electrons. The van der Waals surface area contributed by atoms with Gasteiger partial charge in [-0.2, -0.15) is 0 Å². The molecule has 0 fully saturated rings. The van der Waals surface area contributed by atoms with Gasteiger partial charge in [-0.15, -0.1) is 0 Å². The lowest BCUT2D eigenvalue weighted by Gasteiger charge is -2.27. The van der Waals surface area contributed by atoms with Gasteiger partial charge in [0.15, 0.2) is 0 Å². The van der Waals surface area contributed by atoms with Crippen molar-refractivity contribution in [2.75, 3.05) is 27.2 Å². The summed E-state index contributed by atoms with van der Waals surface area (Å²) in [5, 5.41) is 3.07. The van der Waals surface area contributed by atoms with E-state index in [4.69, 9.17) is 4.74 Å². The van der Waals surface area contributed by atoms with Gasteiger partial charge in [-0.3, -0.25) is 4.79 Å². The Kier molecular flexibility index (Phi) is 4.63. The smallest absolute Gasteiger partial charge is 0.232 e. The Labute approximate surface area is 137 Å². The minimum atomic E-state index is -0.310. The van der Waals surface area contributed by atoms with Gasteiger partial charge in [0.05, 0.1) is 5.92 Å². The second-order valence-corrected chi connectivity index (χ2v) is 6.06. The van der Waals surface area contributed by atoms with Crippen LogP contribution in [-0.4, -0.2) is 38.0 Å². The number of benzene rings is 2. The normalized spacial score (nSPS) is 13.2. The van der Waals surface area contributed by atoms with Crippen LogP contribution in [0.1, 0.15) is 23.5 Å². The summed E-state index contributed by atoms with van der Waals surface area (Å²) in [5.41, 5.74) is 1.85. The molecule has 1 aliphatic heterocycles. The van der Waals surface area contributed by atoms with E-state index in [0.29, 0.717) is 6.54 Å². The molecule has 0 unspecified atom stereocenters. The zero-order chi connectivity index (χ0) is 16.2. The number of amides is 1. The van der Waals surface area contributed by atoms with Crippen molar-refractivity contribution < 1.29 is 9.53 Å². The van der Waals surface area contributed by atoms with Crippen LogP contribution in [0.2, 0.25) is 0 Å². The van der Waals surface area contributed by atoms with Crippen molar-refractivity contribution in [1.82, 2.24) is 10.2 Å². The summed E-state index contributed by atoms with van der Waals surface area (Å²) in [4.78, 5) is 14.9. The molecule has 2 aromatic rings. The first-order chi connectivity index (χ1) is 11.2. The van der Waals surface area contributed by atoms with Crippen molar-refractivity contribution in [3.63, 3.8) is 0 Å². The van der Waals surface area contributed by atoms with E-state index in [0.717, 1.165) is 35.6 Å². The van der Waals surface area contributed by atoms with Gasteiger partial charge in [-0.1, -0.05) is 36.4 Å². The van der Waals surface area contributed by atoms with E-state index in [9.17, 15) is 4.79 Å². The molecule has 4 heteroatoms. The van der Waals surface area contributed by atoms with Gasteiger partial charge in [0.2, 0.25) is 5.91 Å². The Balaban J connectivity index is 1.82. The maximum atomic E-state index is 12.8. The fourth-order valence-electron chi connectivity index (χ4n) is 2.90. The van der Waals surface area contributed by atoms with Crippen LogP contribution in [0.5, 0.6) is 11.5 Å². The summed E-state index contributed by atoms with van der Waals surface area (Å²) < 4.78 is 5.93. The number of rotatable bonds is 5. The molecule has 1 heterocycles. The number of nitrogens with zero attached hydrogens (tertiary/aromatic N) is 1. The van der Waals surface area contributed by atoms with Crippen LogP contribution >= 0.6 is 0 Å². The molecule has 0 saturated carbocycles. The highest BCUT2D eigenvalue weighted by Crippen LogP contribution is 2.43. The highest BCUT2D eigenvalue weighted by atomic mass is 16.5. The molecule has 0 aliphatic carbocycles. The van der Waals surface area contributed by atoms with Gasteiger partial charge in [0.1, 0.15) is 11.5 Å². The summed E-state index contributed by atoms with van der Waals surface area (Å²) in [5.74, 6) is 1.25. The van der Waals surface area contributed by atoms with Crippen molar-refractivity contribution in [3.05, 3.63) is 59.7 Å². The minimum absolute atomic E-state index is 0.0342. The Bertz CT molecular complexity index is 652. The lowest BCUT2D eigenvalue weighted by Crippen LogP contribution is -2.33. The summed E-state index contributed by atoms with van der Waals surface area (Å²) in [7, 11) is 4.07. The van der Waals surface area contributed by atoms with Gasteiger partial charge in [0.25, 0.3) is 0 Å². The molecule has 0 atom stereocenters. The molecule has 4 nitrogen and oxygen atoms in total. The molecule has 2 aromatic carbocycles. The van der Waals surface area contributed by atoms with Crippen molar-refractivity contribution in [2.24, 2.45) is 0 Å². The predicted molar refractivity (Wildman–Crippen MR) is 91.0 cm³/mol. The molecule has 0 spiro atoms. The largest absolute Gasteiger partial charge is 0.457 e. The molecule has 0 aromatic heterocycles. The molecule has 0 bridgehead atoms. The molecule has 3 rings (SSSR count). The van der Waals surface area contributed by atoms with Crippen molar-refractivity contribution in [1.29, 1.82) is 0 Å². The molecular weight excluding hydrogens is 288 g/mol. The van der Waals surface area contributed by atoms with Gasteiger partial charge in [-0.25, -0.2) is 0 Å². The van der Waals surface area contributed by atoms with Crippen LogP contribution in [0.25, 0.3) is 0 Å². The topological polar surface area (TPSA) is 41.6 Å². The standard InChI is InChI=1S/C19H22N2O2/c1-21(2)13-7-12-20-19(22)18-14-8-3-5-10-16(14)23-17-11-6-4-9-15(17)18/h3-6,8-11,18H,7,12-13H2,1-2H3,(H,20,22). The molecule has 0 saturated heterocycles. The van der Waals surface area contributed by atoms with E-state index in [1.54, 1.807) is 0 Å². The minimum Gasteiger partial charge on any atom is -0.457 e. The Morgan fingerprint density at radius 2 is 1.61 bits per heavy atom. The summed E-state index contributed by atoms with van der Waals surface area (Å²) in [6.45, 7) is 1.64. The van der Waals surface area contributed by atoms with Crippen LogP contribution < -0.4 is 10.1 Å². The summed E-state index contributed by atoms with van der Waals surface area (Å²) >= 11 is 0. The third kappa shape index (κ3) is 3.37. The van der Waals surface area contributed by atoms with E-state index in [-0.39, 0.29) is 11.8 Å². The average Bonchev–Trinajstić information content (AvgIpc) is 2.56. The molecule has 23 heavy (non-hydrogen) atoms. The monoisotopic (exact) mass is 310 g/mol. The number of fused-ring (bicyclic) bond motifs is 2. The van der Waals surface area contributed by atoms with Crippen LogP contribution in [0.3, 0.4) is 0 Å².